The SMILES string of the molecule is COc1ccc(-c2nnn([C@@H]3C[C@@H](C(=O)N[C@]4(C(=O)NS(=O)(=O)C5CC5)C[C@H]4C(F)F)N(C(=O)C(N)C(C)(C)C)C3)n2)cc1. The molecule has 0 bridgehead atoms. The number of halogens is 2. The van der Waals surface area contributed by atoms with Gasteiger partial charge in [0.15, 0.2) is 0 Å². The number of methoxy groups -OCH3 is 1. The van der Waals surface area contributed by atoms with Crippen molar-refractivity contribution >= 4 is 27.7 Å². The summed E-state index contributed by atoms with van der Waals surface area (Å²) in [7, 11) is -2.53. The van der Waals surface area contributed by atoms with Gasteiger partial charge in [0, 0.05) is 18.5 Å². The maximum Gasteiger partial charge on any atom is 0.259 e. The van der Waals surface area contributed by atoms with Gasteiger partial charge < -0.3 is 20.7 Å². The average molecular weight is 639 g/mol. The van der Waals surface area contributed by atoms with Crippen molar-refractivity contribution in [3.63, 3.8) is 0 Å². The number of carbonyl (C=O) groups is 3. The number of alkyl halides is 2. The van der Waals surface area contributed by atoms with Crippen LogP contribution in [0.2, 0.25) is 0 Å². The topological polar surface area (TPSA) is 192 Å². The molecule has 2 heterocycles. The zero-order valence-corrected chi connectivity index (χ0v) is 25.6. The number of ether oxygens (including phenoxy) is 1. The van der Waals surface area contributed by atoms with E-state index in [0.29, 0.717) is 24.2 Å². The smallest absolute Gasteiger partial charge is 0.259 e. The first-order valence-corrected chi connectivity index (χ1v) is 15.8. The summed E-state index contributed by atoms with van der Waals surface area (Å²) in [6.07, 6.45) is -2.78. The van der Waals surface area contributed by atoms with Gasteiger partial charge in [-0.05, 0) is 54.2 Å². The number of nitrogens with zero attached hydrogens (tertiary/aromatic N) is 5. The normalized spacial score (nSPS) is 25.9. The highest BCUT2D eigenvalue weighted by atomic mass is 32.2. The van der Waals surface area contributed by atoms with E-state index < -0.39 is 80.8 Å². The number of likely N-dealkylation sites (tertiary alicyclic amines) is 1. The Morgan fingerprint density at radius 2 is 1.82 bits per heavy atom. The number of aromatic nitrogens is 4. The number of tetrazole rings is 1. The summed E-state index contributed by atoms with van der Waals surface area (Å²) in [6.45, 7) is 5.23. The Balaban J connectivity index is 1.40. The van der Waals surface area contributed by atoms with E-state index in [1.54, 1.807) is 45.0 Å². The summed E-state index contributed by atoms with van der Waals surface area (Å²) in [6, 6.07) is 4.04. The van der Waals surface area contributed by atoms with E-state index in [2.05, 4.69) is 20.7 Å². The predicted octanol–water partition coefficient (Wildman–Crippen LogP) is 0.613. The largest absolute Gasteiger partial charge is 0.497 e. The zero-order valence-electron chi connectivity index (χ0n) is 24.7. The molecule has 4 N–H and O–H groups in total. The molecule has 1 aliphatic heterocycles. The van der Waals surface area contributed by atoms with Crippen LogP contribution in [0.3, 0.4) is 0 Å². The van der Waals surface area contributed by atoms with Gasteiger partial charge in [0.1, 0.15) is 17.3 Å². The fraction of sp³-hybridized carbons (Fsp3) is 0.630. The first-order chi connectivity index (χ1) is 20.6. The molecule has 14 nitrogen and oxygen atoms in total. The second kappa shape index (κ2) is 11.3. The van der Waals surface area contributed by atoms with E-state index in [1.165, 1.54) is 16.8 Å². The minimum Gasteiger partial charge on any atom is -0.497 e. The zero-order chi connectivity index (χ0) is 32.2. The highest BCUT2D eigenvalue weighted by Crippen LogP contribution is 2.48. The first kappa shape index (κ1) is 31.7. The molecule has 0 radical (unpaired) electrons. The number of hydrogen-bond donors (Lipinski definition) is 3. The Morgan fingerprint density at radius 3 is 2.36 bits per heavy atom. The van der Waals surface area contributed by atoms with Crippen LogP contribution >= 0.6 is 0 Å². The molecule has 1 aromatic carbocycles. The summed E-state index contributed by atoms with van der Waals surface area (Å²) in [4.78, 5) is 42.9. The number of rotatable bonds is 10. The highest BCUT2D eigenvalue weighted by Gasteiger charge is 2.66. The molecular formula is C27H36F2N8O6S. The first-order valence-electron chi connectivity index (χ1n) is 14.2. The van der Waals surface area contributed by atoms with Crippen LogP contribution in [0.15, 0.2) is 24.3 Å². The molecule has 3 aliphatic rings. The number of nitrogens with one attached hydrogen (secondary N) is 2. The van der Waals surface area contributed by atoms with Crippen molar-refractivity contribution in [3.8, 4) is 17.1 Å². The van der Waals surface area contributed by atoms with Crippen LogP contribution in [0, 0.1) is 11.3 Å². The molecule has 1 saturated heterocycles. The van der Waals surface area contributed by atoms with Crippen LogP contribution in [0.25, 0.3) is 11.4 Å². The quantitative estimate of drug-likeness (QED) is 0.332. The molecule has 1 unspecified atom stereocenters. The number of carbonyl (C=O) groups excluding carboxylic acids is 3. The monoisotopic (exact) mass is 638 g/mol. The van der Waals surface area contributed by atoms with Crippen LogP contribution in [0.4, 0.5) is 8.78 Å². The second-order valence-corrected chi connectivity index (χ2v) is 14.6. The van der Waals surface area contributed by atoms with Crippen molar-refractivity contribution in [2.24, 2.45) is 17.1 Å². The lowest BCUT2D eigenvalue weighted by Crippen LogP contribution is -2.59. The van der Waals surface area contributed by atoms with Gasteiger partial charge in [0.2, 0.25) is 34.1 Å². The minimum absolute atomic E-state index is 0.0374. The van der Waals surface area contributed by atoms with Crippen molar-refractivity contribution in [2.75, 3.05) is 13.7 Å². The van der Waals surface area contributed by atoms with Gasteiger partial charge in [-0.3, -0.25) is 19.1 Å². The number of nitrogens with two attached hydrogens (primary N) is 1. The average Bonchev–Trinajstić information content (AvgIpc) is 3.85. The van der Waals surface area contributed by atoms with Gasteiger partial charge in [0.05, 0.1) is 30.4 Å². The fourth-order valence-electron chi connectivity index (χ4n) is 5.30. The third-order valence-electron chi connectivity index (χ3n) is 8.44. The maximum absolute atomic E-state index is 13.8. The number of benzene rings is 1. The third-order valence-corrected chi connectivity index (χ3v) is 10.3. The highest BCUT2D eigenvalue weighted by molar-refractivity contribution is 7.91. The van der Waals surface area contributed by atoms with Crippen molar-refractivity contribution in [2.45, 2.75) is 81.8 Å². The third kappa shape index (κ3) is 6.11. The van der Waals surface area contributed by atoms with Crippen LogP contribution < -0.4 is 20.5 Å². The standard InChI is InChI=1S/C27H36F2N8O6S/c1-26(2,3)20(30)24(39)36-13-15(37-33-22(32-35-37)14-5-7-16(43-4)8-6-14)11-19(36)23(38)31-27(12-18(27)21(28)29)25(40)34-44(41,42)17-9-10-17/h5-8,15,17-21H,9-13,30H2,1-4H3,(H,31,38)(H,34,40)/t15-,18+,19+,20?,27-/m1/s1. The van der Waals surface area contributed by atoms with Crippen molar-refractivity contribution in [3.05, 3.63) is 24.3 Å². The summed E-state index contributed by atoms with van der Waals surface area (Å²) < 4.78 is 59.5. The Kier molecular flexibility index (Phi) is 8.15. The fourth-order valence-corrected chi connectivity index (χ4v) is 6.66. The number of hydrogen-bond acceptors (Lipinski definition) is 10. The summed E-state index contributed by atoms with van der Waals surface area (Å²) in [5.74, 6) is -3.34. The molecule has 1 aromatic heterocycles. The van der Waals surface area contributed by atoms with E-state index in [0.717, 1.165) is 0 Å². The van der Waals surface area contributed by atoms with E-state index in [9.17, 15) is 31.6 Å². The van der Waals surface area contributed by atoms with Gasteiger partial charge in [0.25, 0.3) is 5.91 Å². The van der Waals surface area contributed by atoms with Crippen molar-refractivity contribution < 1.29 is 36.3 Å². The molecule has 17 heteroatoms. The van der Waals surface area contributed by atoms with E-state index in [-0.39, 0.29) is 18.8 Å². The van der Waals surface area contributed by atoms with Crippen molar-refractivity contribution in [1.29, 1.82) is 0 Å². The molecule has 44 heavy (non-hydrogen) atoms. The lowest BCUT2D eigenvalue weighted by atomic mass is 9.86. The maximum atomic E-state index is 13.8. The lowest BCUT2D eigenvalue weighted by Gasteiger charge is -2.33. The molecule has 3 fully saturated rings. The Hall–Kier alpha value is -3.73. The molecule has 240 valence electrons. The van der Waals surface area contributed by atoms with Crippen molar-refractivity contribution in [1.82, 2.24) is 35.1 Å². The summed E-state index contributed by atoms with van der Waals surface area (Å²) in [5.41, 5.74) is 4.09. The molecule has 2 aliphatic carbocycles. The molecule has 3 amide bonds. The van der Waals surface area contributed by atoms with Gasteiger partial charge >= 0.3 is 0 Å². The second-order valence-electron chi connectivity index (χ2n) is 12.7. The van der Waals surface area contributed by atoms with E-state index in [1.807, 2.05) is 4.72 Å². The van der Waals surface area contributed by atoms with Gasteiger partial charge in [-0.25, -0.2) is 17.2 Å². The molecule has 5 rings (SSSR count). The predicted molar refractivity (Wildman–Crippen MR) is 151 cm³/mol. The van der Waals surface area contributed by atoms with Crippen LogP contribution in [-0.2, 0) is 24.4 Å². The Morgan fingerprint density at radius 1 is 1.16 bits per heavy atom. The van der Waals surface area contributed by atoms with Gasteiger partial charge in [-0.2, -0.15) is 4.80 Å². The minimum atomic E-state index is -4.07. The molecule has 2 saturated carbocycles. The molecule has 5 atom stereocenters. The van der Waals surface area contributed by atoms with E-state index in [4.69, 9.17) is 10.5 Å². The molecule has 2 aromatic rings. The lowest BCUT2D eigenvalue weighted by molar-refractivity contribution is -0.142. The number of sulfonamides is 1. The molecule has 0 spiro atoms. The summed E-state index contributed by atoms with van der Waals surface area (Å²) in [5, 5.41) is 14.3. The Labute approximate surface area is 253 Å². The van der Waals surface area contributed by atoms with E-state index >= 15 is 0 Å². The van der Waals surface area contributed by atoms with Gasteiger partial charge in [-0.15, -0.1) is 10.2 Å². The van der Waals surface area contributed by atoms with Gasteiger partial charge in [-0.1, -0.05) is 20.8 Å². The number of amides is 3. The van der Waals surface area contributed by atoms with Crippen LogP contribution in [0.1, 0.15) is 52.5 Å². The van der Waals surface area contributed by atoms with Crippen LogP contribution in [-0.4, -0.2) is 94.2 Å². The molecular weight excluding hydrogens is 602 g/mol. The van der Waals surface area contributed by atoms with Crippen LogP contribution in [0.5, 0.6) is 5.75 Å². The summed E-state index contributed by atoms with van der Waals surface area (Å²) >= 11 is 0. The Bertz CT molecular complexity index is 1540.